The standard InChI is InChI=1S/C27H25N7O4/c1-14-7-18(12-28-23(14)17-10-29-30-11-17)33-22(35)9-16-8-20(27(36)37)34(13-16)26-25-24(31-15(2)32-26)19-5-3-4-6-21(19)38-25/h3-7,10-12,16,20H,8-9,13H2,1-2H3,(H,29,30)(H,33,35)(H,36,37)/t16-,20+/m1/s1. The van der Waals surface area contributed by atoms with Gasteiger partial charge in [0.15, 0.2) is 11.4 Å². The van der Waals surface area contributed by atoms with Gasteiger partial charge >= 0.3 is 5.97 Å². The minimum absolute atomic E-state index is 0.163. The summed E-state index contributed by atoms with van der Waals surface area (Å²) in [6.07, 6.45) is 5.53. The van der Waals surface area contributed by atoms with Gasteiger partial charge in [0, 0.05) is 30.1 Å². The maximum absolute atomic E-state index is 12.9. The Labute approximate surface area is 216 Å². The molecule has 0 saturated carbocycles. The number of carbonyl (C=O) groups is 2. The molecule has 11 nitrogen and oxygen atoms in total. The van der Waals surface area contributed by atoms with Crippen LogP contribution in [-0.2, 0) is 9.59 Å². The molecule has 1 amide bonds. The average Bonchev–Trinajstić information content (AvgIpc) is 3.63. The molecule has 6 rings (SSSR count). The zero-order chi connectivity index (χ0) is 26.4. The number of carboxylic acid groups (broad SMARTS) is 1. The molecule has 11 heteroatoms. The largest absolute Gasteiger partial charge is 0.480 e. The van der Waals surface area contributed by atoms with Crippen LogP contribution >= 0.6 is 0 Å². The summed E-state index contributed by atoms with van der Waals surface area (Å²) < 4.78 is 6.07. The molecule has 2 atom stereocenters. The van der Waals surface area contributed by atoms with Crippen molar-refractivity contribution in [3.05, 3.63) is 60.3 Å². The second-order valence-electron chi connectivity index (χ2n) is 9.61. The van der Waals surface area contributed by atoms with Crippen LogP contribution in [0, 0.1) is 19.8 Å². The van der Waals surface area contributed by atoms with Gasteiger partial charge in [-0.05, 0) is 49.9 Å². The number of pyridine rings is 1. The average molecular weight is 512 g/mol. The molecule has 0 radical (unpaired) electrons. The van der Waals surface area contributed by atoms with Crippen LogP contribution in [0.15, 0.2) is 53.3 Å². The summed E-state index contributed by atoms with van der Waals surface area (Å²) in [4.78, 5) is 40.5. The van der Waals surface area contributed by atoms with Gasteiger partial charge in [0.25, 0.3) is 0 Å². The first kappa shape index (κ1) is 23.6. The third kappa shape index (κ3) is 4.21. The Hall–Kier alpha value is -4.80. The number of anilines is 2. The Morgan fingerprint density at radius 1 is 1.21 bits per heavy atom. The molecule has 1 fully saturated rings. The number of hydrogen-bond acceptors (Lipinski definition) is 8. The first-order chi connectivity index (χ1) is 18.4. The number of fused-ring (bicyclic) bond motifs is 3. The molecule has 192 valence electrons. The van der Waals surface area contributed by atoms with E-state index in [4.69, 9.17) is 4.42 Å². The maximum atomic E-state index is 12.9. The fraction of sp³-hybridized carbons (Fsp3) is 0.259. The van der Waals surface area contributed by atoms with Crippen molar-refractivity contribution < 1.29 is 19.1 Å². The first-order valence-electron chi connectivity index (χ1n) is 12.3. The van der Waals surface area contributed by atoms with Crippen LogP contribution in [0.1, 0.15) is 24.2 Å². The number of aryl methyl sites for hydroxylation is 2. The molecule has 0 unspecified atom stereocenters. The summed E-state index contributed by atoms with van der Waals surface area (Å²) in [5.41, 5.74) is 4.89. The number of hydrogen-bond donors (Lipinski definition) is 3. The van der Waals surface area contributed by atoms with E-state index in [0.29, 0.717) is 47.0 Å². The summed E-state index contributed by atoms with van der Waals surface area (Å²) in [5, 5.41) is 20.5. The van der Waals surface area contributed by atoms with E-state index in [-0.39, 0.29) is 18.2 Å². The highest BCUT2D eigenvalue weighted by atomic mass is 16.4. The van der Waals surface area contributed by atoms with Crippen LogP contribution < -0.4 is 10.2 Å². The lowest BCUT2D eigenvalue weighted by Gasteiger charge is -2.22. The molecule has 1 aliphatic heterocycles. The topological polar surface area (TPSA) is 150 Å². The highest BCUT2D eigenvalue weighted by molar-refractivity contribution is 6.06. The number of aromatic nitrogens is 5. The van der Waals surface area contributed by atoms with E-state index in [2.05, 4.69) is 30.5 Å². The Morgan fingerprint density at radius 2 is 2.05 bits per heavy atom. The molecular formula is C27H25N7O4. The summed E-state index contributed by atoms with van der Waals surface area (Å²) in [6, 6.07) is 8.56. The molecule has 1 aromatic carbocycles. The lowest BCUT2D eigenvalue weighted by molar-refractivity contribution is -0.138. The lowest BCUT2D eigenvalue weighted by atomic mass is 10.0. The number of aliphatic carboxylic acids is 1. The molecule has 4 aromatic heterocycles. The van der Waals surface area contributed by atoms with Gasteiger partial charge in [-0.1, -0.05) is 12.1 Å². The second-order valence-corrected chi connectivity index (χ2v) is 9.61. The van der Waals surface area contributed by atoms with E-state index in [1.165, 1.54) is 0 Å². The Morgan fingerprint density at radius 3 is 2.82 bits per heavy atom. The lowest BCUT2D eigenvalue weighted by Crippen LogP contribution is -2.36. The third-order valence-electron chi connectivity index (χ3n) is 6.87. The quantitative estimate of drug-likeness (QED) is 0.306. The van der Waals surface area contributed by atoms with Crippen LogP contribution in [0.5, 0.6) is 0 Å². The van der Waals surface area contributed by atoms with Gasteiger partial charge in [-0.25, -0.2) is 14.8 Å². The number of amides is 1. The third-order valence-corrected chi connectivity index (χ3v) is 6.87. The molecule has 3 N–H and O–H groups in total. The van der Waals surface area contributed by atoms with Crippen molar-refractivity contribution in [1.82, 2.24) is 25.1 Å². The predicted molar refractivity (Wildman–Crippen MR) is 141 cm³/mol. The monoisotopic (exact) mass is 511 g/mol. The predicted octanol–water partition coefficient (Wildman–Crippen LogP) is 4.09. The molecule has 1 aliphatic rings. The van der Waals surface area contributed by atoms with E-state index < -0.39 is 12.0 Å². The summed E-state index contributed by atoms with van der Waals surface area (Å²) in [6.45, 7) is 4.04. The van der Waals surface area contributed by atoms with Crippen molar-refractivity contribution >= 4 is 45.5 Å². The molecule has 0 bridgehead atoms. The summed E-state index contributed by atoms with van der Waals surface area (Å²) in [7, 11) is 0. The van der Waals surface area contributed by atoms with Crippen molar-refractivity contribution in [2.45, 2.75) is 32.7 Å². The molecule has 0 aliphatic carbocycles. The number of carboxylic acids is 1. The van der Waals surface area contributed by atoms with Gasteiger partial charge in [-0.2, -0.15) is 5.10 Å². The molecule has 5 heterocycles. The van der Waals surface area contributed by atoms with Crippen LogP contribution in [0.4, 0.5) is 11.5 Å². The van der Waals surface area contributed by atoms with E-state index >= 15 is 0 Å². The van der Waals surface area contributed by atoms with Crippen LogP contribution in [-0.4, -0.2) is 54.7 Å². The Bertz CT molecular complexity index is 1680. The zero-order valence-corrected chi connectivity index (χ0v) is 20.8. The number of nitrogens with zero attached hydrogens (tertiary/aromatic N) is 5. The highest BCUT2D eigenvalue weighted by Crippen LogP contribution is 2.37. The highest BCUT2D eigenvalue weighted by Gasteiger charge is 2.40. The maximum Gasteiger partial charge on any atom is 0.326 e. The van der Waals surface area contributed by atoms with Crippen molar-refractivity contribution in [1.29, 1.82) is 0 Å². The zero-order valence-electron chi connectivity index (χ0n) is 20.8. The van der Waals surface area contributed by atoms with Gasteiger partial charge in [0.05, 0.1) is 23.8 Å². The van der Waals surface area contributed by atoms with Gasteiger partial charge in [-0.3, -0.25) is 14.9 Å². The molecule has 0 spiro atoms. The van der Waals surface area contributed by atoms with Gasteiger partial charge in [0.2, 0.25) is 5.91 Å². The van der Waals surface area contributed by atoms with E-state index in [0.717, 1.165) is 22.2 Å². The van der Waals surface area contributed by atoms with E-state index in [9.17, 15) is 14.7 Å². The van der Waals surface area contributed by atoms with Crippen LogP contribution in [0.2, 0.25) is 0 Å². The van der Waals surface area contributed by atoms with Gasteiger partial charge in [-0.15, -0.1) is 0 Å². The van der Waals surface area contributed by atoms with Crippen LogP contribution in [0.3, 0.4) is 0 Å². The second kappa shape index (κ2) is 9.25. The van der Waals surface area contributed by atoms with Gasteiger partial charge < -0.3 is 19.7 Å². The SMILES string of the molecule is Cc1nc(N2C[C@@H](CC(=O)Nc3cnc(-c4cn[nH]c4)c(C)c3)C[C@H]2C(=O)O)c2oc3ccccc3c2n1. The number of para-hydroxylation sites is 1. The first-order valence-corrected chi connectivity index (χ1v) is 12.3. The van der Waals surface area contributed by atoms with Crippen molar-refractivity contribution in [3.63, 3.8) is 0 Å². The smallest absolute Gasteiger partial charge is 0.326 e. The molecule has 1 saturated heterocycles. The Balaban J connectivity index is 1.22. The number of carbonyl (C=O) groups excluding carboxylic acids is 1. The molecular weight excluding hydrogens is 486 g/mol. The normalized spacial score (nSPS) is 17.4. The van der Waals surface area contributed by atoms with Crippen molar-refractivity contribution in [3.8, 4) is 11.3 Å². The van der Waals surface area contributed by atoms with Gasteiger partial charge in [0.1, 0.15) is 23.0 Å². The minimum Gasteiger partial charge on any atom is -0.480 e. The number of aromatic amines is 1. The van der Waals surface area contributed by atoms with E-state index in [1.807, 2.05) is 37.3 Å². The molecule has 38 heavy (non-hydrogen) atoms. The fourth-order valence-electron chi connectivity index (χ4n) is 5.22. The summed E-state index contributed by atoms with van der Waals surface area (Å²) in [5.74, 6) is -0.404. The number of nitrogens with one attached hydrogen (secondary N) is 2. The summed E-state index contributed by atoms with van der Waals surface area (Å²) >= 11 is 0. The van der Waals surface area contributed by atoms with Crippen LogP contribution in [0.25, 0.3) is 33.3 Å². The van der Waals surface area contributed by atoms with E-state index in [1.54, 1.807) is 30.4 Å². The number of furan rings is 1. The Kier molecular flexibility index (Phi) is 5.74. The van der Waals surface area contributed by atoms with Crippen molar-refractivity contribution in [2.75, 3.05) is 16.8 Å². The van der Waals surface area contributed by atoms with Crippen molar-refractivity contribution in [2.24, 2.45) is 5.92 Å². The number of H-pyrrole nitrogens is 1. The number of benzene rings is 1. The molecule has 5 aromatic rings. The fourth-order valence-corrected chi connectivity index (χ4v) is 5.22. The minimum atomic E-state index is -0.969. The number of rotatable bonds is 6.